The van der Waals surface area contributed by atoms with Crippen molar-refractivity contribution < 1.29 is 5.11 Å². The van der Waals surface area contributed by atoms with Gasteiger partial charge in [-0.05, 0) is 11.6 Å². The monoisotopic (exact) mass is 252 g/mol. The maximum atomic E-state index is 9.35. The van der Waals surface area contributed by atoms with Crippen molar-refractivity contribution in [3.8, 4) is 0 Å². The Hall–Kier alpha value is -0.610. The fourth-order valence-corrected chi connectivity index (χ4v) is 3.14. The molecule has 0 unspecified atom stereocenters. The van der Waals surface area contributed by atoms with Crippen LogP contribution in [0.1, 0.15) is 11.1 Å². The van der Waals surface area contributed by atoms with E-state index in [1.807, 2.05) is 12.1 Å². The van der Waals surface area contributed by atoms with Gasteiger partial charge in [-0.15, -0.1) is 0 Å². The molecule has 1 aromatic carbocycles. The minimum atomic E-state index is 0.0234. The molecule has 0 aliphatic carbocycles. The number of benzene rings is 1. The summed E-state index contributed by atoms with van der Waals surface area (Å²) in [6, 6.07) is 5.85. The van der Waals surface area contributed by atoms with E-state index in [-0.39, 0.29) is 6.61 Å². The zero-order chi connectivity index (χ0) is 11.9. The Morgan fingerprint density at radius 2 is 2.12 bits per heavy atom. The van der Waals surface area contributed by atoms with Gasteiger partial charge >= 0.3 is 0 Å². The molecule has 17 heavy (non-hydrogen) atoms. The molecule has 1 aromatic rings. The molecule has 0 bridgehead atoms. The molecule has 2 aliphatic heterocycles. The van der Waals surface area contributed by atoms with E-state index in [1.54, 1.807) is 0 Å². The molecule has 3 rings (SSSR count). The van der Waals surface area contributed by atoms with E-state index < -0.39 is 0 Å². The number of hydrogen-bond donors (Lipinski definition) is 2. The van der Waals surface area contributed by atoms with Gasteiger partial charge in [-0.1, -0.05) is 23.7 Å². The van der Waals surface area contributed by atoms with E-state index in [1.165, 1.54) is 0 Å². The van der Waals surface area contributed by atoms with Gasteiger partial charge in [0.15, 0.2) is 0 Å². The number of hydrogen-bond acceptors (Lipinski definition) is 3. The van der Waals surface area contributed by atoms with Crippen LogP contribution in [0.3, 0.4) is 0 Å². The molecule has 2 heterocycles. The normalized spacial score (nSPS) is 22.2. The standard InChI is InChI=1S/C13H17ClN2O/c14-12-3-1-2-10(11(12)5-17)4-16-8-13(9-16)6-15-7-13/h1-3,15,17H,4-9H2. The van der Waals surface area contributed by atoms with Crippen molar-refractivity contribution in [2.75, 3.05) is 26.2 Å². The van der Waals surface area contributed by atoms with Gasteiger partial charge in [-0.2, -0.15) is 0 Å². The number of halogens is 1. The van der Waals surface area contributed by atoms with Crippen LogP contribution in [0.4, 0.5) is 0 Å². The van der Waals surface area contributed by atoms with Crippen LogP contribution >= 0.6 is 11.6 Å². The Bertz CT molecular complexity index is 423. The average molecular weight is 253 g/mol. The summed E-state index contributed by atoms with van der Waals surface area (Å²) < 4.78 is 0. The van der Waals surface area contributed by atoms with Gasteiger partial charge in [0.2, 0.25) is 0 Å². The van der Waals surface area contributed by atoms with Crippen molar-refractivity contribution in [1.29, 1.82) is 0 Å². The summed E-state index contributed by atoms with van der Waals surface area (Å²) in [6.45, 7) is 5.57. The number of aliphatic hydroxyl groups excluding tert-OH is 1. The third-order valence-electron chi connectivity index (χ3n) is 3.89. The molecule has 0 saturated carbocycles. The smallest absolute Gasteiger partial charge is 0.0699 e. The number of likely N-dealkylation sites (tertiary alicyclic amines) is 1. The molecule has 0 amide bonds. The Morgan fingerprint density at radius 1 is 1.35 bits per heavy atom. The second kappa shape index (κ2) is 4.25. The third kappa shape index (κ3) is 1.97. The molecule has 2 fully saturated rings. The molecule has 0 radical (unpaired) electrons. The summed E-state index contributed by atoms with van der Waals surface area (Å²) in [5.74, 6) is 0. The average Bonchev–Trinajstić information content (AvgIpc) is 2.20. The fourth-order valence-electron chi connectivity index (χ4n) is 2.89. The van der Waals surface area contributed by atoms with Gasteiger partial charge in [-0.25, -0.2) is 0 Å². The summed E-state index contributed by atoms with van der Waals surface area (Å²) in [4.78, 5) is 2.42. The number of rotatable bonds is 3. The van der Waals surface area contributed by atoms with E-state index in [0.717, 1.165) is 43.9 Å². The Morgan fingerprint density at radius 3 is 2.71 bits per heavy atom. The molecule has 3 nitrogen and oxygen atoms in total. The largest absolute Gasteiger partial charge is 0.392 e. The van der Waals surface area contributed by atoms with Crippen molar-refractivity contribution in [2.24, 2.45) is 5.41 Å². The van der Waals surface area contributed by atoms with Crippen molar-refractivity contribution >= 4 is 11.6 Å². The summed E-state index contributed by atoms with van der Waals surface area (Å²) in [7, 11) is 0. The molecule has 2 N–H and O–H groups in total. The van der Waals surface area contributed by atoms with E-state index in [9.17, 15) is 5.11 Å². The van der Waals surface area contributed by atoms with Gasteiger partial charge in [0.05, 0.1) is 6.61 Å². The van der Waals surface area contributed by atoms with E-state index >= 15 is 0 Å². The number of aliphatic hydroxyl groups is 1. The molecule has 0 atom stereocenters. The molecule has 4 heteroatoms. The van der Waals surface area contributed by atoms with Crippen LogP contribution in [-0.2, 0) is 13.2 Å². The van der Waals surface area contributed by atoms with Crippen molar-refractivity contribution in [3.63, 3.8) is 0 Å². The van der Waals surface area contributed by atoms with Crippen LogP contribution < -0.4 is 5.32 Å². The lowest BCUT2D eigenvalue weighted by molar-refractivity contribution is -0.0446. The quantitative estimate of drug-likeness (QED) is 0.850. The van der Waals surface area contributed by atoms with E-state index in [2.05, 4.69) is 16.3 Å². The Kier molecular flexibility index (Phi) is 2.87. The van der Waals surface area contributed by atoms with Crippen LogP contribution in [-0.4, -0.2) is 36.2 Å². The minimum absolute atomic E-state index is 0.0234. The SMILES string of the molecule is OCc1c(Cl)cccc1CN1CC2(CNC2)C1. The molecule has 2 saturated heterocycles. The lowest BCUT2D eigenvalue weighted by Gasteiger charge is -2.56. The Balaban J connectivity index is 1.67. The van der Waals surface area contributed by atoms with Gasteiger partial charge in [-0.3, -0.25) is 4.90 Å². The molecule has 1 spiro atoms. The zero-order valence-electron chi connectivity index (χ0n) is 9.75. The van der Waals surface area contributed by atoms with Gasteiger partial charge < -0.3 is 10.4 Å². The van der Waals surface area contributed by atoms with E-state index in [4.69, 9.17) is 11.6 Å². The first-order chi connectivity index (χ1) is 8.22. The molecular weight excluding hydrogens is 236 g/mol. The van der Waals surface area contributed by atoms with Crippen molar-refractivity contribution in [3.05, 3.63) is 34.3 Å². The van der Waals surface area contributed by atoms with E-state index in [0.29, 0.717) is 10.4 Å². The van der Waals surface area contributed by atoms with Crippen LogP contribution in [0.15, 0.2) is 18.2 Å². The second-order valence-electron chi connectivity index (χ2n) is 5.28. The summed E-state index contributed by atoms with van der Waals surface area (Å²) in [6.07, 6.45) is 0. The van der Waals surface area contributed by atoms with Crippen molar-refractivity contribution in [2.45, 2.75) is 13.2 Å². The molecule has 92 valence electrons. The number of nitrogens with zero attached hydrogens (tertiary/aromatic N) is 1. The third-order valence-corrected chi connectivity index (χ3v) is 4.24. The number of nitrogens with one attached hydrogen (secondary N) is 1. The van der Waals surface area contributed by atoms with Crippen molar-refractivity contribution in [1.82, 2.24) is 10.2 Å². The molecule has 2 aliphatic rings. The van der Waals surface area contributed by atoms with Gasteiger partial charge in [0.25, 0.3) is 0 Å². The molecule has 0 aromatic heterocycles. The highest BCUT2D eigenvalue weighted by Crippen LogP contribution is 2.35. The fraction of sp³-hybridized carbons (Fsp3) is 0.538. The first-order valence-electron chi connectivity index (χ1n) is 6.03. The highest BCUT2D eigenvalue weighted by molar-refractivity contribution is 6.31. The topological polar surface area (TPSA) is 35.5 Å². The lowest BCUT2D eigenvalue weighted by Crippen LogP contribution is -2.70. The van der Waals surface area contributed by atoms with Crippen LogP contribution in [0.5, 0.6) is 0 Å². The Labute approximate surface area is 106 Å². The summed E-state index contributed by atoms with van der Waals surface area (Å²) >= 11 is 6.08. The van der Waals surface area contributed by atoms with Crippen LogP contribution in [0, 0.1) is 5.41 Å². The minimum Gasteiger partial charge on any atom is -0.392 e. The second-order valence-corrected chi connectivity index (χ2v) is 5.69. The summed E-state index contributed by atoms with van der Waals surface area (Å²) in [5, 5.41) is 13.4. The van der Waals surface area contributed by atoms with Gasteiger partial charge in [0, 0.05) is 48.7 Å². The molecular formula is C13H17ClN2O. The first kappa shape index (κ1) is 11.5. The maximum Gasteiger partial charge on any atom is 0.0699 e. The predicted octanol–water partition coefficient (Wildman–Crippen LogP) is 1.24. The van der Waals surface area contributed by atoms with Crippen LogP contribution in [0.25, 0.3) is 0 Å². The van der Waals surface area contributed by atoms with Crippen LogP contribution in [0.2, 0.25) is 5.02 Å². The first-order valence-corrected chi connectivity index (χ1v) is 6.40. The maximum absolute atomic E-state index is 9.35. The highest BCUT2D eigenvalue weighted by Gasteiger charge is 2.47. The predicted molar refractivity (Wildman–Crippen MR) is 68.0 cm³/mol. The summed E-state index contributed by atoms with van der Waals surface area (Å²) in [5.41, 5.74) is 2.58. The zero-order valence-corrected chi connectivity index (χ0v) is 10.5. The van der Waals surface area contributed by atoms with Gasteiger partial charge in [0.1, 0.15) is 0 Å². The lowest BCUT2D eigenvalue weighted by atomic mass is 9.74. The highest BCUT2D eigenvalue weighted by atomic mass is 35.5.